The standard InChI is InChI=1S/C16H20N2O6S2/c1-22-7-15(19)17-16-18(12-8-26(20,21)9-14(12)25-16)11-6-10(23-2)4-5-13(11)24-3/h4-6,12,14H,7-9H2,1-3H3/t12-,14-/m0/s1. The molecule has 1 amide bonds. The summed E-state index contributed by atoms with van der Waals surface area (Å²) >= 11 is 1.30. The maximum Gasteiger partial charge on any atom is 0.274 e. The first-order valence-electron chi connectivity index (χ1n) is 7.87. The molecule has 10 heteroatoms. The number of fused-ring (bicyclic) bond motifs is 1. The number of aliphatic imine (C=N–C) groups is 1. The number of hydrogen-bond acceptors (Lipinski definition) is 7. The van der Waals surface area contributed by atoms with Gasteiger partial charge in [0.05, 0.1) is 37.5 Å². The van der Waals surface area contributed by atoms with Crippen molar-refractivity contribution >= 4 is 38.4 Å². The van der Waals surface area contributed by atoms with Gasteiger partial charge in [-0.15, -0.1) is 0 Å². The highest BCUT2D eigenvalue weighted by Crippen LogP contribution is 2.44. The van der Waals surface area contributed by atoms with Crippen LogP contribution in [-0.2, 0) is 19.4 Å². The average molecular weight is 400 g/mol. The number of benzene rings is 1. The van der Waals surface area contributed by atoms with E-state index in [4.69, 9.17) is 14.2 Å². The summed E-state index contributed by atoms with van der Waals surface area (Å²) < 4.78 is 39.8. The van der Waals surface area contributed by atoms with Crippen LogP contribution in [0.3, 0.4) is 0 Å². The summed E-state index contributed by atoms with van der Waals surface area (Å²) in [5.74, 6) is 0.774. The second-order valence-corrected chi connectivity index (χ2v) is 9.29. The van der Waals surface area contributed by atoms with E-state index in [0.29, 0.717) is 22.4 Å². The van der Waals surface area contributed by atoms with Crippen LogP contribution in [0.2, 0.25) is 0 Å². The highest BCUT2D eigenvalue weighted by atomic mass is 32.2. The van der Waals surface area contributed by atoms with Crippen LogP contribution in [-0.4, -0.2) is 70.2 Å². The van der Waals surface area contributed by atoms with E-state index in [1.807, 2.05) is 0 Å². The number of anilines is 1. The molecule has 8 nitrogen and oxygen atoms in total. The first-order chi connectivity index (χ1) is 12.4. The zero-order valence-corrected chi connectivity index (χ0v) is 16.3. The normalized spacial score (nSPS) is 25.3. The van der Waals surface area contributed by atoms with E-state index >= 15 is 0 Å². The van der Waals surface area contributed by atoms with Crippen LogP contribution in [0.5, 0.6) is 11.5 Å². The Morgan fingerprint density at radius 1 is 1.27 bits per heavy atom. The number of nitrogens with zero attached hydrogens (tertiary/aromatic N) is 2. The summed E-state index contributed by atoms with van der Waals surface area (Å²) in [6.07, 6.45) is 0. The van der Waals surface area contributed by atoms with Crippen molar-refractivity contribution in [2.45, 2.75) is 11.3 Å². The lowest BCUT2D eigenvalue weighted by Gasteiger charge is -2.26. The molecule has 0 bridgehead atoms. The van der Waals surface area contributed by atoms with Gasteiger partial charge in [0.1, 0.15) is 18.1 Å². The molecule has 2 aliphatic heterocycles. The fourth-order valence-electron chi connectivity index (χ4n) is 3.09. The lowest BCUT2D eigenvalue weighted by atomic mass is 10.2. The largest absolute Gasteiger partial charge is 0.497 e. The van der Waals surface area contributed by atoms with Crippen molar-refractivity contribution in [2.75, 3.05) is 44.3 Å². The second kappa shape index (κ2) is 7.45. The van der Waals surface area contributed by atoms with Gasteiger partial charge in [0.25, 0.3) is 5.91 Å². The Morgan fingerprint density at radius 3 is 2.69 bits per heavy atom. The predicted octanol–water partition coefficient (Wildman–Crippen LogP) is 0.952. The quantitative estimate of drug-likeness (QED) is 0.721. The van der Waals surface area contributed by atoms with Crippen LogP contribution in [0.4, 0.5) is 5.69 Å². The molecule has 2 atom stereocenters. The summed E-state index contributed by atoms with van der Waals surface area (Å²) in [4.78, 5) is 17.9. The molecule has 0 aromatic heterocycles. The molecule has 0 N–H and O–H groups in total. The number of hydrogen-bond donors (Lipinski definition) is 0. The van der Waals surface area contributed by atoms with E-state index in [2.05, 4.69) is 4.99 Å². The summed E-state index contributed by atoms with van der Waals surface area (Å²) in [5, 5.41) is 0.258. The molecule has 1 aromatic rings. The van der Waals surface area contributed by atoms with Gasteiger partial charge < -0.3 is 19.1 Å². The number of carbonyl (C=O) groups is 1. The van der Waals surface area contributed by atoms with E-state index in [0.717, 1.165) is 0 Å². The van der Waals surface area contributed by atoms with Gasteiger partial charge >= 0.3 is 0 Å². The van der Waals surface area contributed by atoms with Crippen LogP contribution >= 0.6 is 11.8 Å². The summed E-state index contributed by atoms with van der Waals surface area (Å²) in [6, 6.07) is 4.93. The molecule has 142 valence electrons. The third-order valence-electron chi connectivity index (χ3n) is 4.20. The Morgan fingerprint density at radius 2 is 2.04 bits per heavy atom. The van der Waals surface area contributed by atoms with E-state index < -0.39 is 15.7 Å². The molecule has 2 heterocycles. The molecule has 0 unspecified atom stereocenters. The summed E-state index contributed by atoms with van der Waals surface area (Å²) in [5.41, 5.74) is 0.618. The minimum Gasteiger partial charge on any atom is -0.497 e. The van der Waals surface area contributed by atoms with E-state index in [9.17, 15) is 13.2 Å². The Hall–Kier alpha value is -1.78. The number of thioether (sulfide) groups is 1. The number of amidine groups is 1. The second-order valence-electron chi connectivity index (χ2n) is 5.93. The van der Waals surface area contributed by atoms with E-state index in [1.54, 1.807) is 30.2 Å². The van der Waals surface area contributed by atoms with Gasteiger partial charge in [0.15, 0.2) is 15.0 Å². The van der Waals surface area contributed by atoms with Gasteiger partial charge in [0.2, 0.25) is 0 Å². The highest BCUT2D eigenvalue weighted by molar-refractivity contribution is 8.16. The van der Waals surface area contributed by atoms with Gasteiger partial charge in [-0.05, 0) is 12.1 Å². The zero-order valence-electron chi connectivity index (χ0n) is 14.7. The molecule has 26 heavy (non-hydrogen) atoms. The lowest BCUT2D eigenvalue weighted by Crippen LogP contribution is -2.38. The van der Waals surface area contributed by atoms with Gasteiger partial charge in [-0.25, -0.2) is 8.42 Å². The number of rotatable bonds is 5. The smallest absolute Gasteiger partial charge is 0.274 e. The maximum atomic E-state index is 12.1. The van der Waals surface area contributed by atoms with Crippen LogP contribution in [0.1, 0.15) is 0 Å². The molecule has 0 radical (unpaired) electrons. The molecule has 0 saturated carbocycles. The summed E-state index contributed by atoms with van der Waals surface area (Å²) in [6.45, 7) is -0.138. The number of ether oxygens (including phenoxy) is 3. The van der Waals surface area contributed by atoms with Crippen molar-refractivity contribution in [3.8, 4) is 11.5 Å². The molecule has 3 rings (SSSR count). The Kier molecular flexibility index (Phi) is 5.44. The van der Waals surface area contributed by atoms with E-state index in [-0.39, 0.29) is 29.4 Å². The molecule has 2 aliphatic rings. The zero-order chi connectivity index (χ0) is 18.9. The SMILES string of the molecule is COCC(=O)N=C1S[C@H]2CS(=O)(=O)C[C@@H]2N1c1cc(OC)ccc1OC. The van der Waals surface area contributed by atoms with Crippen molar-refractivity contribution in [1.82, 2.24) is 0 Å². The van der Waals surface area contributed by atoms with Crippen molar-refractivity contribution in [1.29, 1.82) is 0 Å². The number of sulfone groups is 1. The van der Waals surface area contributed by atoms with Gasteiger partial charge in [-0.1, -0.05) is 11.8 Å². The molecule has 2 fully saturated rings. The minimum absolute atomic E-state index is 0.00250. The fourth-order valence-corrected chi connectivity index (χ4v) is 7.02. The van der Waals surface area contributed by atoms with Gasteiger partial charge in [-0.2, -0.15) is 4.99 Å². The van der Waals surface area contributed by atoms with Crippen molar-refractivity contribution < 1.29 is 27.4 Å². The van der Waals surface area contributed by atoms with Crippen molar-refractivity contribution in [3.05, 3.63) is 18.2 Å². The van der Waals surface area contributed by atoms with Crippen LogP contribution in [0.15, 0.2) is 23.2 Å². The monoisotopic (exact) mass is 400 g/mol. The number of amides is 1. The number of methoxy groups -OCH3 is 3. The Bertz CT molecular complexity index is 839. The molecular formula is C16H20N2O6S2. The summed E-state index contributed by atoms with van der Waals surface area (Å²) in [7, 11) is 1.36. The Labute approximate surface area is 156 Å². The van der Waals surface area contributed by atoms with Crippen LogP contribution in [0, 0.1) is 0 Å². The molecule has 0 aliphatic carbocycles. The highest BCUT2D eigenvalue weighted by Gasteiger charge is 2.50. The van der Waals surface area contributed by atoms with Gasteiger partial charge in [0, 0.05) is 18.4 Å². The molecular weight excluding hydrogens is 380 g/mol. The minimum atomic E-state index is -3.14. The number of carbonyl (C=O) groups excluding carboxylic acids is 1. The third kappa shape index (κ3) is 3.67. The fraction of sp³-hybridized carbons (Fsp3) is 0.500. The first kappa shape index (κ1) is 19.0. The maximum absolute atomic E-state index is 12.1. The van der Waals surface area contributed by atoms with Crippen molar-refractivity contribution in [3.63, 3.8) is 0 Å². The predicted molar refractivity (Wildman–Crippen MR) is 100 cm³/mol. The van der Waals surface area contributed by atoms with Crippen LogP contribution < -0.4 is 14.4 Å². The topological polar surface area (TPSA) is 94.5 Å². The van der Waals surface area contributed by atoms with E-state index in [1.165, 1.54) is 26.0 Å². The van der Waals surface area contributed by atoms with Crippen molar-refractivity contribution in [2.24, 2.45) is 4.99 Å². The van der Waals surface area contributed by atoms with Crippen LogP contribution in [0.25, 0.3) is 0 Å². The molecule has 0 spiro atoms. The lowest BCUT2D eigenvalue weighted by molar-refractivity contribution is -0.121. The Balaban J connectivity index is 2.08. The third-order valence-corrected chi connectivity index (χ3v) is 7.41. The average Bonchev–Trinajstić information content (AvgIpc) is 3.05. The molecule has 2 saturated heterocycles. The first-order valence-corrected chi connectivity index (χ1v) is 10.6. The molecule has 1 aromatic carbocycles. The van der Waals surface area contributed by atoms with Gasteiger partial charge in [-0.3, -0.25) is 4.79 Å².